The van der Waals surface area contributed by atoms with Crippen molar-refractivity contribution in [1.82, 2.24) is 10.6 Å². The first kappa shape index (κ1) is 14.3. The molecule has 1 heterocycles. The maximum Gasteiger partial charge on any atom is 0.308 e. The van der Waals surface area contributed by atoms with Crippen LogP contribution in [0.3, 0.4) is 0 Å². The van der Waals surface area contributed by atoms with Gasteiger partial charge in [-0.1, -0.05) is 19.8 Å². The minimum atomic E-state index is -0.777. The lowest BCUT2D eigenvalue weighted by atomic mass is 9.78. The molecule has 108 valence electrons. The van der Waals surface area contributed by atoms with Gasteiger partial charge >= 0.3 is 5.97 Å². The zero-order chi connectivity index (χ0) is 13.9. The van der Waals surface area contributed by atoms with E-state index in [4.69, 9.17) is 0 Å². The third-order valence-electron chi connectivity index (χ3n) is 4.65. The molecule has 2 aliphatic rings. The van der Waals surface area contributed by atoms with Gasteiger partial charge in [-0.15, -0.1) is 0 Å². The van der Waals surface area contributed by atoms with Gasteiger partial charge in [-0.05, 0) is 38.8 Å². The van der Waals surface area contributed by atoms with Crippen LogP contribution in [0, 0.1) is 11.3 Å². The number of carbonyl (C=O) groups excluding carboxylic acids is 1. The summed E-state index contributed by atoms with van der Waals surface area (Å²) in [6.07, 6.45) is 5.07. The smallest absolute Gasteiger partial charge is 0.308 e. The molecule has 0 aromatic carbocycles. The fourth-order valence-electron chi connectivity index (χ4n) is 3.15. The van der Waals surface area contributed by atoms with Gasteiger partial charge in [0.15, 0.2) is 0 Å². The highest BCUT2D eigenvalue weighted by Gasteiger charge is 2.38. The van der Waals surface area contributed by atoms with Crippen molar-refractivity contribution in [2.24, 2.45) is 11.3 Å². The molecule has 1 amide bonds. The summed E-state index contributed by atoms with van der Waals surface area (Å²) < 4.78 is 0. The van der Waals surface area contributed by atoms with E-state index in [0.29, 0.717) is 6.42 Å². The van der Waals surface area contributed by atoms with Crippen molar-refractivity contribution in [3.05, 3.63) is 0 Å². The van der Waals surface area contributed by atoms with Crippen LogP contribution in [0.2, 0.25) is 0 Å². The summed E-state index contributed by atoms with van der Waals surface area (Å²) in [5.41, 5.74) is -0.342. The number of hydrogen-bond donors (Lipinski definition) is 3. The number of amides is 1. The molecule has 3 N–H and O–H groups in total. The van der Waals surface area contributed by atoms with Crippen LogP contribution in [0.1, 0.15) is 45.4 Å². The second kappa shape index (κ2) is 5.90. The van der Waals surface area contributed by atoms with Crippen LogP contribution in [0.25, 0.3) is 0 Å². The van der Waals surface area contributed by atoms with E-state index in [9.17, 15) is 14.7 Å². The molecule has 2 unspecified atom stereocenters. The molecule has 5 nitrogen and oxygen atoms in total. The topological polar surface area (TPSA) is 78.4 Å². The van der Waals surface area contributed by atoms with Gasteiger partial charge in [0.1, 0.15) is 0 Å². The lowest BCUT2D eigenvalue weighted by Gasteiger charge is -2.36. The van der Waals surface area contributed by atoms with Gasteiger partial charge < -0.3 is 15.7 Å². The molecule has 0 bridgehead atoms. The van der Waals surface area contributed by atoms with E-state index < -0.39 is 11.9 Å². The summed E-state index contributed by atoms with van der Waals surface area (Å²) >= 11 is 0. The third-order valence-corrected chi connectivity index (χ3v) is 4.65. The van der Waals surface area contributed by atoms with Crippen LogP contribution in [0.5, 0.6) is 0 Å². The van der Waals surface area contributed by atoms with E-state index in [1.165, 1.54) is 0 Å². The Bertz CT molecular complexity index is 351. The van der Waals surface area contributed by atoms with Gasteiger partial charge in [0.25, 0.3) is 0 Å². The molecule has 0 aromatic heterocycles. The van der Waals surface area contributed by atoms with Gasteiger partial charge in [-0.2, -0.15) is 0 Å². The van der Waals surface area contributed by atoms with E-state index in [1.807, 2.05) is 6.92 Å². The van der Waals surface area contributed by atoms with E-state index in [2.05, 4.69) is 10.6 Å². The second-order valence-corrected chi connectivity index (χ2v) is 6.12. The maximum absolute atomic E-state index is 12.4. The first-order valence-electron chi connectivity index (χ1n) is 7.27. The minimum Gasteiger partial charge on any atom is -0.481 e. The van der Waals surface area contributed by atoms with Gasteiger partial charge in [0, 0.05) is 11.5 Å². The van der Waals surface area contributed by atoms with Crippen molar-refractivity contribution in [2.75, 3.05) is 13.1 Å². The number of aliphatic carboxylic acids is 1. The average molecular weight is 268 g/mol. The van der Waals surface area contributed by atoms with Crippen LogP contribution in [-0.4, -0.2) is 36.1 Å². The summed E-state index contributed by atoms with van der Waals surface area (Å²) in [7, 11) is 0. The molecule has 19 heavy (non-hydrogen) atoms. The average Bonchev–Trinajstić information content (AvgIpc) is 2.40. The molecule has 0 spiro atoms. The molecule has 1 aliphatic heterocycles. The Morgan fingerprint density at radius 2 is 1.84 bits per heavy atom. The fraction of sp³-hybridized carbons (Fsp3) is 0.857. The van der Waals surface area contributed by atoms with Crippen molar-refractivity contribution >= 4 is 11.9 Å². The molecule has 5 heteroatoms. The molecule has 2 fully saturated rings. The highest BCUT2D eigenvalue weighted by molar-refractivity contribution is 5.83. The third kappa shape index (κ3) is 3.26. The maximum atomic E-state index is 12.4. The molecular weight excluding hydrogens is 244 g/mol. The highest BCUT2D eigenvalue weighted by atomic mass is 16.4. The summed E-state index contributed by atoms with van der Waals surface area (Å²) in [6.45, 7) is 3.70. The van der Waals surface area contributed by atoms with Crippen LogP contribution in [0.15, 0.2) is 0 Å². The van der Waals surface area contributed by atoms with Crippen molar-refractivity contribution in [2.45, 2.75) is 51.5 Å². The Morgan fingerprint density at radius 1 is 1.21 bits per heavy atom. The number of rotatable bonds is 3. The molecule has 0 radical (unpaired) electrons. The molecular formula is C14H24N2O3. The molecule has 1 saturated carbocycles. The number of nitrogens with one attached hydrogen (secondary N) is 2. The Kier molecular flexibility index (Phi) is 4.45. The van der Waals surface area contributed by atoms with Gasteiger partial charge in [0.2, 0.25) is 5.91 Å². The Morgan fingerprint density at radius 3 is 2.47 bits per heavy atom. The Labute approximate surface area is 114 Å². The Hall–Kier alpha value is -1.10. The van der Waals surface area contributed by atoms with Crippen LogP contribution in [0.4, 0.5) is 0 Å². The van der Waals surface area contributed by atoms with Crippen molar-refractivity contribution in [3.8, 4) is 0 Å². The first-order chi connectivity index (χ1) is 9.03. The highest BCUT2D eigenvalue weighted by Crippen LogP contribution is 2.30. The van der Waals surface area contributed by atoms with Crippen LogP contribution < -0.4 is 10.6 Å². The minimum absolute atomic E-state index is 0.0344. The van der Waals surface area contributed by atoms with Crippen LogP contribution in [-0.2, 0) is 9.59 Å². The summed E-state index contributed by atoms with van der Waals surface area (Å²) in [5.74, 6) is -1.16. The number of carboxylic acid groups (broad SMARTS) is 1. The number of piperidine rings is 1. The Balaban J connectivity index is 1.98. The predicted octanol–water partition coefficient (Wildman–Crippen LogP) is 1.14. The number of carboxylic acids is 1. The second-order valence-electron chi connectivity index (χ2n) is 6.12. The van der Waals surface area contributed by atoms with Gasteiger partial charge in [-0.3, -0.25) is 9.59 Å². The number of carbonyl (C=O) groups is 2. The predicted molar refractivity (Wildman–Crippen MR) is 71.7 cm³/mol. The van der Waals surface area contributed by atoms with Crippen molar-refractivity contribution in [3.63, 3.8) is 0 Å². The zero-order valence-electron chi connectivity index (χ0n) is 11.6. The van der Waals surface area contributed by atoms with Crippen molar-refractivity contribution in [1.29, 1.82) is 0 Å². The van der Waals surface area contributed by atoms with Gasteiger partial charge in [-0.25, -0.2) is 0 Å². The van der Waals surface area contributed by atoms with E-state index in [-0.39, 0.29) is 17.4 Å². The number of hydrogen-bond acceptors (Lipinski definition) is 3. The monoisotopic (exact) mass is 268 g/mol. The standard InChI is InChI=1S/C14H24N2O3/c1-14(6-8-15-9-7-14)13(19)16-11-5-3-2-4-10(11)12(17)18/h10-11,15H,2-9H2,1H3,(H,16,19)(H,17,18). The molecule has 0 aromatic rings. The molecule has 1 saturated heterocycles. The zero-order valence-corrected chi connectivity index (χ0v) is 11.6. The lowest BCUT2D eigenvalue weighted by molar-refractivity contribution is -0.144. The van der Waals surface area contributed by atoms with Crippen LogP contribution >= 0.6 is 0 Å². The van der Waals surface area contributed by atoms with Crippen molar-refractivity contribution < 1.29 is 14.7 Å². The molecule has 1 aliphatic carbocycles. The quantitative estimate of drug-likeness (QED) is 0.717. The summed E-state index contributed by atoms with van der Waals surface area (Å²) in [6, 6.07) is -0.189. The lowest BCUT2D eigenvalue weighted by Crippen LogP contribution is -2.52. The normalized spacial score (nSPS) is 30.6. The molecule has 2 rings (SSSR count). The van der Waals surface area contributed by atoms with E-state index in [0.717, 1.165) is 45.2 Å². The largest absolute Gasteiger partial charge is 0.481 e. The first-order valence-corrected chi connectivity index (χ1v) is 7.27. The van der Waals surface area contributed by atoms with E-state index in [1.54, 1.807) is 0 Å². The fourth-order valence-corrected chi connectivity index (χ4v) is 3.15. The summed E-state index contributed by atoms with van der Waals surface area (Å²) in [4.78, 5) is 23.7. The van der Waals surface area contributed by atoms with Gasteiger partial charge in [0.05, 0.1) is 5.92 Å². The summed E-state index contributed by atoms with van der Waals surface area (Å²) in [5, 5.41) is 15.5. The van der Waals surface area contributed by atoms with E-state index >= 15 is 0 Å². The molecule has 2 atom stereocenters. The SMILES string of the molecule is CC1(C(=O)NC2CCCCC2C(=O)O)CCNCC1.